The number of imide groups is 1. The Morgan fingerprint density at radius 1 is 0.875 bits per heavy atom. The molecule has 32 heavy (non-hydrogen) atoms. The van der Waals surface area contributed by atoms with E-state index in [1.807, 2.05) is 0 Å². The highest BCUT2D eigenvalue weighted by atomic mass is 32.2. The molecule has 2 aromatic rings. The van der Waals surface area contributed by atoms with Crippen LogP contribution in [0, 0.1) is 0 Å². The molecule has 10 nitrogen and oxygen atoms in total. The molecule has 0 bridgehead atoms. The largest absolute Gasteiger partial charge is 0.464 e. The molecule has 0 saturated carbocycles. The third-order valence-corrected chi connectivity index (χ3v) is 6.07. The van der Waals surface area contributed by atoms with Crippen molar-refractivity contribution in [3.8, 4) is 0 Å². The van der Waals surface area contributed by atoms with E-state index in [0.717, 1.165) is 9.80 Å². The van der Waals surface area contributed by atoms with Crippen LogP contribution in [0.25, 0.3) is 0 Å². The third-order valence-electron chi connectivity index (χ3n) is 4.34. The predicted molar refractivity (Wildman–Crippen MR) is 119 cm³/mol. The monoisotopic (exact) mass is 462 g/mol. The minimum Gasteiger partial charge on any atom is -0.464 e. The number of carbonyl (C=O) groups excluding carboxylic acids is 2. The SMILES string of the molecule is CCCN(C(=O)O)S(=O)(=O)N(C(=O)N(Cc1ccccc1)C(=O)N(C)C)c1ccccc1. The highest BCUT2D eigenvalue weighted by Gasteiger charge is 2.41. The molecule has 0 aromatic heterocycles. The van der Waals surface area contributed by atoms with E-state index in [0.29, 0.717) is 9.87 Å². The van der Waals surface area contributed by atoms with Gasteiger partial charge in [0.15, 0.2) is 0 Å². The smallest absolute Gasteiger partial charge is 0.422 e. The summed E-state index contributed by atoms with van der Waals surface area (Å²) in [6, 6.07) is 14.0. The van der Waals surface area contributed by atoms with Crippen LogP contribution in [0.3, 0.4) is 0 Å². The maximum absolute atomic E-state index is 13.6. The lowest BCUT2D eigenvalue weighted by atomic mass is 10.2. The lowest BCUT2D eigenvalue weighted by molar-refractivity contribution is 0.169. The van der Waals surface area contributed by atoms with Crippen LogP contribution in [-0.2, 0) is 16.8 Å². The summed E-state index contributed by atoms with van der Waals surface area (Å²) in [6.07, 6.45) is -1.53. The molecule has 0 aliphatic heterocycles. The summed E-state index contributed by atoms with van der Waals surface area (Å²) in [6.45, 7) is 1.04. The van der Waals surface area contributed by atoms with Crippen molar-refractivity contribution in [1.29, 1.82) is 0 Å². The van der Waals surface area contributed by atoms with Gasteiger partial charge in [-0.2, -0.15) is 17.0 Å². The molecule has 0 fully saturated rings. The van der Waals surface area contributed by atoms with Gasteiger partial charge >= 0.3 is 28.4 Å². The van der Waals surface area contributed by atoms with Gasteiger partial charge in [0.2, 0.25) is 0 Å². The summed E-state index contributed by atoms with van der Waals surface area (Å²) < 4.78 is 27.2. The van der Waals surface area contributed by atoms with Crippen molar-refractivity contribution in [2.45, 2.75) is 19.9 Å². The van der Waals surface area contributed by atoms with Crippen LogP contribution in [-0.4, -0.2) is 66.4 Å². The molecule has 172 valence electrons. The average molecular weight is 463 g/mol. The lowest BCUT2D eigenvalue weighted by Crippen LogP contribution is -2.55. The van der Waals surface area contributed by atoms with E-state index in [-0.39, 0.29) is 29.5 Å². The summed E-state index contributed by atoms with van der Waals surface area (Å²) in [4.78, 5) is 40.0. The first kappa shape index (κ1) is 24.7. The van der Waals surface area contributed by atoms with Gasteiger partial charge in [0.25, 0.3) is 0 Å². The van der Waals surface area contributed by atoms with E-state index < -0.39 is 28.4 Å². The molecule has 2 aromatic carbocycles. The Kier molecular flexibility index (Phi) is 8.19. The summed E-state index contributed by atoms with van der Waals surface area (Å²) in [5.74, 6) is 0. The van der Waals surface area contributed by atoms with Crippen LogP contribution < -0.4 is 4.31 Å². The molecule has 2 rings (SSSR count). The van der Waals surface area contributed by atoms with Crippen LogP contribution >= 0.6 is 0 Å². The number of benzene rings is 2. The van der Waals surface area contributed by atoms with Crippen molar-refractivity contribution >= 4 is 34.1 Å². The van der Waals surface area contributed by atoms with Crippen LogP contribution in [0.15, 0.2) is 60.7 Å². The molecular weight excluding hydrogens is 436 g/mol. The molecule has 0 heterocycles. The van der Waals surface area contributed by atoms with Gasteiger partial charge in [-0.1, -0.05) is 55.5 Å². The first-order chi connectivity index (χ1) is 15.1. The number of nitrogens with zero attached hydrogens (tertiary/aromatic N) is 4. The zero-order valence-electron chi connectivity index (χ0n) is 18.1. The number of anilines is 1. The van der Waals surface area contributed by atoms with E-state index in [1.165, 1.54) is 38.4 Å². The Labute approximate surface area is 187 Å². The van der Waals surface area contributed by atoms with Crippen LogP contribution in [0.2, 0.25) is 0 Å². The van der Waals surface area contributed by atoms with E-state index in [2.05, 4.69) is 0 Å². The highest BCUT2D eigenvalue weighted by Crippen LogP contribution is 2.24. The van der Waals surface area contributed by atoms with Crippen LogP contribution in [0.1, 0.15) is 18.9 Å². The molecule has 0 aliphatic rings. The summed E-state index contributed by atoms with van der Waals surface area (Å²) in [5.41, 5.74) is 0.495. The number of para-hydroxylation sites is 1. The molecule has 11 heteroatoms. The number of urea groups is 2. The molecule has 0 saturated heterocycles. The molecule has 1 N–H and O–H groups in total. The first-order valence-corrected chi connectivity index (χ1v) is 11.2. The maximum Gasteiger partial charge on any atom is 0.422 e. The standard InChI is InChI=1S/C21H26N4O6S/c1-4-15-24(21(28)29)32(30,31)25(18-13-9-6-10-14-18)20(27)23(19(26)22(2)3)16-17-11-7-5-8-12-17/h5-14H,4,15-16H2,1-3H3,(H,28,29). The van der Waals surface area contributed by atoms with Crippen molar-refractivity contribution in [3.63, 3.8) is 0 Å². The van der Waals surface area contributed by atoms with Crippen molar-refractivity contribution in [2.75, 3.05) is 24.9 Å². The number of carbonyl (C=O) groups is 3. The van der Waals surface area contributed by atoms with Gasteiger partial charge in [0.1, 0.15) is 0 Å². The predicted octanol–water partition coefficient (Wildman–Crippen LogP) is 3.43. The molecule has 0 atom stereocenters. The zero-order chi connectivity index (χ0) is 23.9. The fourth-order valence-corrected chi connectivity index (χ4v) is 4.34. The van der Waals surface area contributed by atoms with Gasteiger partial charge in [0.05, 0.1) is 12.2 Å². The number of hydrogen-bond donors (Lipinski definition) is 1. The fourth-order valence-electron chi connectivity index (χ4n) is 2.85. The van der Waals surface area contributed by atoms with Gasteiger partial charge in [-0.05, 0) is 24.1 Å². The molecule has 0 spiro atoms. The Balaban J connectivity index is 2.63. The summed E-state index contributed by atoms with van der Waals surface area (Å²) >= 11 is 0. The number of amides is 5. The Bertz CT molecular complexity index is 1040. The third kappa shape index (κ3) is 5.55. The van der Waals surface area contributed by atoms with Gasteiger partial charge in [0, 0.05) is 20.6 Å². The van der Waals surface area contributed by atoms with E-state index >= 15 is 0 Å². The molecule has 0 radical (unpaired) electrons. The molecular formula is C21H26N4O6S. The topological polar surface area (TPSA) is 119 Å². The maximum atomic E-state index is 13.6. The average Bonchev–Trinajstić information content (AvgIpc) is 2.76. The van der Waals surface area contributed by atoms with Crippen LogP contribution in [0.5, 0.6) is 0 Å². The van der Waals surface area contributed by atoms with E-state index in [1.54, 1.807) is 43.3 Å². The minimum atomic E-state index is -4.87. The molecule has 0 unspecified atom stereocenters. The zero-order valence-corrected chi connectivity index (χ0v) is 18.9. The van der Waals surface area contributed by atoms with Crippen molar-refractivity contribution in [2.24, 2.45) is 0 Å². The first-order valence-electron chi connectivity index (χ1n) is 9.79. The fraction of sp³-hybridized carbons (Fsp3) is 0.286. The Morgan fingerprint density at radius 2 is 1.41 bits per heavy atom. The molecule has 5 amide bonds. The van der Waals surface area contributed by atoms with Gasteiger partial charge in [-0.15, -0.1) is 0 Å². The number of carboxylic acid groups (broad SMARTS) is 1. The molecule has 0 aliphatic carbocycles. The van der Waals surface area contributed by atoms with Crippen molar-refractivity contribution < 1.29 is 27.9 Å². The number of rotatable bonds is 7. The van der Waals surface area contributed by atoms with Gasteiger partial charge in [-0.3, -0.25) is 0 Å². The second-order valence-corrected chi connectivity index (χ2v) is 8.70. The normalized spacial score (nSPS) is 10.8. The van der Waals surface area contributed by atoms with Gasteiger partial charge < -0.3 is 10.0 Å². The van der Waals surface area contributed by atoms with E-state index in [4.69, 9.17) is 0 Å². The van der Waals surface area contributed by atoms with Crippen LogP contribution in [0.4, 0.5) is 20.1 Å². The minimum absolute atomic E-state index is 0.0931. The summed E-state index contributed by atoms with van der Waals surface area (Å²) in [7, 11) is -2.02. The lowest BCUT2D eigenvalue weighted by Gasteiger charge is -2.33. The van der Waals surface area contributed by atoms with E-state index in [9.17, 15) is 27.9 Å². The number of hydrogen-bond acceptors (Lipinski definition) is 5. The Hall–Kier alpha value is -3.60. The quantitative estimate of drug-likeness (QED) is 0.673. The van der Waals surface area contributed by atoms with Crippen molar-refractivity contribution in [1.82, 2.24) is 14.1 Å². The second kappa shape index (κ2) is 10.6. The highest BCUT2D eigenvalue weighted by molar-refractivity contribution is 7.91. The van der Waals surface area contributed by atoms with Crippen molar-refractivity contribution in [3.05, 3.63) is 66.2 Å². The van der Waals surface area contributed by atoms with Gasteiger partial charge in [-0.25, -0.2) is 19.3 Å². The summed E-state index contributed by atoms with van der Waals surface area (Å²) in [5, 5.41) is 9.51. The second-order valence-electron chi connectivity index (χ2n) is 6.99. The Morgan fingerprint density at radius 3 is 1.88 bits per heavy atom.